The molecule has 0 saturated heterocycles. The number of hydrogen-bond acceptors (Lipinski definition) is 3. The fourth-order valence-electron chi connectivity index (χ4n) is 1.16. The Morgan fingerprint density at radius 3 is 2.93 bits per heavy atom. The van der Waals surface area contributed by atoms with Gasteiger partial charge < -0.3 is 10.4 Å². The van der Waals surface area contributed by atoms with Gasteiger partial charge in [0, 0.05) is 18.4 Å². The fourth-order valence-corrected chi connectivity index (χ4v) is 1.16. The average Bonchev–Trinajstić information content (AvgIpc) is 2.17. The van der Waals surface area contributed by atoms with Gasteiger partial charge in [-0.05, 0) is 24.5 Å². The van der Waals surface area contributed by atoms with Gasteiger partial charge in [0.05, 0.1) is 0 Å². The molecule has 4 nitrogen and oxygen atoms in total. The minimum Gasteiger partial charge on any atom is -0.477 e. The minimum atomic E-state index is -0.998. The maximum absolute atomic E-state index is 10.6. The van der Waals surface area contributed by atoms with Crippen molar-refractivity contribution in [1.82, 2.24) is 4.98 Å². The second-order valence-electron chi connectivity index (χ2n) is 3.84. The number of nitrogens with one attached hydrogen (secondary N) is 1. The number of carbonyl (C=O) groups is 1. The Kier molecular flexibility index (Phi) is 4.09. The highest BCUT2D eigenvalue weighted by Crippen LogP contribution is 2.09. The fraction of sp³-hybridized carbons (Fsp3) is 0.455. The van der Waals surface area contributed by atoms with Crippen molar-refractivity contribution in [2.45, 2.75) is 20.3 Å². The quantitative estimate of drug-likeness (QED) is 0.779. The Morgan fingerprint density at radius 2 is 2.33 bits per heavy atom. The molecule has 0 aliphatic rings. The Labute approximate surface area is 89.3 Å². The SMILES string of the molecule is CC(C)CCNc1ccnc(C(=O)O)c1. The van der Waals surface area contributed by atoms with Gasteiger partial charge in [-0.1, -0.05) is 13.8 Å². The van der Waals surface area contributed by atoms with E-state index in [1.807, 2.05) is 0 Å². The van der Waals surface area contributed by atoms with Gasteiger partial charge in [0.2, 0.25) is 0 Å². The lowest BCUT2D eigenvalue weighted by atomic mass is 10.1. The third-order valence-corrected chi connectivity index (χ3v) is 2.03. The first kappa shape index (κ1) is 11.5. The van der Waals surface area contributed by atoms with Gasteiger partial charge in [0.25, 0.3) is 0 Å². The Hall–Kier alpha value is -1.58. The molecule has 15 heavy (non-hydrogen) atoms. The van der Waals surface area contributed by atoms with Crippen molar-refractivity contribution < 1.29 is 9.90 Å². The minimum absolute atomic E-state index is 0.0737. The highest BCUT2D eigenvalue weighted by molar-refractivity contribution is 5.86. The first-order chi connectivity index (χ1) is 7.09. The van der Waals surface area contributed by atoms with Crippen LogP contribution in [0.5, 0.6) is 0 Å². The summed E-state index contributed by atoms with van der Waals surface area (Å²) in [7, 11) is 0. The molecule has 2 N–H and O–H groups in total. The molecule has 0 unspecified atom stereocenters. The first-order valence-electron chi connectivity index (χ1n) is 5.03. The largest absolute Gasteiger partial charge is 0.477 e. The van der Waals surface area contributed by atoms with Crippen molar-refractivity contribution >= 4 is 11.7 Å². The monoisotopic (exact) mass is 208 g/mol. The predicted molar refractivity (Wildman–Crippen MR) is 59.1 cm³/mol. The summed E-state index contributed by atoms with van der Waals surface area (Å²) in [5.74, 6) is -0.360. The summed E-state index contributed by atoms with van der Waals surface area (Å²) < 4.78 is 0. The van der Waals surface area contributed by atoms with Crippen molar-refractivity contribution in [3.63, 3.8) is 0 Å². The second kappa shape index (κ2) is 5.34. The van der Waals surface area contributed by atoms with Gasteiger partial charge in [0.1, 0.15) is 5.69 Å². The molecule has 1 aromatic rings. The third kappa shape index (κ3) is 3.97. The topological polar surface area (TPSA) is 62.2 Å². The van der Waals surface area contributed by atoms with Gasteiger partial charge >= 0.3 is 5.97 Å². The maximum Gasteiger partial charge on any atom is 0.354 e. The van der Waals surface area contributed by atoms with E-state index in [2.05, 4.69) is 24.1 Å². The average molecular weight is 208 g/mol. The molecule has 0 atom stereocenters. The van der Waals surface area contributed by atoms with Crippen molar-refractivity contribution in [2.75, 3.05) is 11.9 Å². The number of aromatic nitrogens is 1. The number of rotatable bonds is 5. The molecule has 1 rings (SSSR count). The molecule has 0 aliphatic carbocycles. The van der Waals surface area contributed by atoms with Crippen LogP contribution in [0.4, 0.5) is 5.69 Å². The van der Waals surface area contributed by atoms with Crippen LogP contribution < -0.4 is 5.32 Å². The molecule has 0 radical (unpaired) electrons. The van der Waals surface area contributed by atoms with Crippen molar-refractivity contribution in [1.29, 1.82) is 0 Å². The van der Waals surface area contributed by atoms with Crippen LogP contribution in [0.15, 0.2) is 18.3 Å². The molecule has 0 saturated carbocycles. The van der Waals surface area contributed by atoms with E-state index in [9.17, 15) is 4.79 Å². The molecule has 0 fully saturated rings. The molecule has 0 bridgehead atoms. The lowest BCUT2D eigenvalue weighted by Gasteiger charge is -2.08. The summed E-state index contributed by atoms with van der Waals surface area (Å²) in [6, 6.07) is 3.31. The van der Waals surface area contributed by atoms with Crippen LogP contribution in [-0.4, -0.2) is 22.6 Å². The van der Waals surface area contributed by atoms with Gasteiger partial charge in [-0.3, -0.25) is 0 Å². The molecular weight excluding hydrogens is 192 g/mol. The lowest BCUT2D eigenvalue weighted by molar-refractivity contribution is 0.0690. The highest BCUT2D eigenvalue weighted by Gasteiger charge is 2.04. The van der Waals surface area contributed by atoms with Crippen molar-refractivity contribution in [2.24, 2.45) is 5.92 Å². The third-order valence-electron chi connectivity index (χ3n) is 2.03. The molecule has 0 aliphatic heterocycles. The number of nitrogens with zero attached hydrogens (tertiary/aromatic N) is 1. The van der Waals surface area contributed by atoms with Crippen LogP contribution in [0, 0.1) is 5.92 Å². The first-order valence-corrected chi connectivity index (χ1v) is 5.03. The normalized spacial score (nSPS) is 10.3. The Balaban J connectivity index is 2.54. The van der Waals surface area contributed by atoms with Crippen LogP contribution >= 0.6 is 0 Å². The van der Waals surface area contributed by atoms with E-state index in [-0.39, 0.29) is 5.69 Å². The van der Waals surface area contributed by atoms with Gasteiger partial charge in [-0.25, -0.2) is 9.78 Å². The zero-order valence-corrected chi connectivity index (χ0v) is 9.03. The van der Waals surface area contributed by atoms with Gasteiger partial charge in [-0.2, -0.15) is 0 Å². The molecule has 1 heterocycles. The number of carboxylic acid groups (broad SMARTS) is 1. The molecule has 0 aromatic carbocycles. The van der Waals surface area contributed by atoms with Crippen LogP contribution in [0.2, 0.25) is 0 Å². The zero-order chi connectivity index (χ0) is 11.3. The molecule has 0 amide bonds. The van der Waals surface area contributed by atoms with Gasteiger partial charge in [-0.15, -0.1) is 0 Å². The summed E-state index contributed by atoms with van der Waals surface area (Å²) in [4.78, 5) is 14.4. The van der Waals surface area contributed by atoms with Crippen molar-refractivity contribution in [3.05, 3.63) is 24.0 Å². The van der Waals surface area contributed by atoms with E-state index in [4.69, 9.17) is 5.11 Å². The van der Waals surface area contributed by atoms with Crippen LogP contribution in [-0.2, 0) is 0 Å². The van der Waals surface area contributed by atoms with Crippen LogP contribution in [0.25, 0.3) is 0 Å². The van der Waals surface area contributed by atoms with E-state index < -0.39 is 5.97 Å². The summed E-state index contributed by atoms with van der Waals surface area (Å²) in [6.45, 7) is 5.15. The molecule has 4 heteroatoms. The molecule has 82 valence electrons. The summed E-state index contributed by atoms with van der Waals surface area (Å²) in [5.41, 5.74) is 0.882. The van der Waals surface area contributed by atoms with Gasteiger partial charge in [0.15, 0.2) is 0 Å². The molecular formula is C11H16N2O2. The lowest BCUT2D eigenvalue weighted by Crippen LogP contribution is -2.06. The predicted octanol–water partition coefficient (Wildman–Crippen LogP) is 2.24. The molecule has 0 spiro atoms. The van der Waals surface area contributed by atoms with E-state index in [1.165, 1.54) is 6.20 Å². The number of pyridine rings is 1. The number of anilines is 1. The van der Waals surface area contributed by atoms with E-state index in [0.29, 0.717) is 5.92 Å². The zero-order valence-electron chi connectivity index (χ0n) is 9.03. The van der Waals surface area contributed by atoms with E-state index >= 15 is 0 Å². The highest BCUT2D eigenvalue weighted by atomic mass is 16.4. The van der Waals surface area contributed by atoms with Crippen molar-refractivity contribution in [3.8, 4) is 0 Å². The van der Waals surface area contributed by atoms with E-state index in [1.54, 1.807) is 12.1 Å². The maximum atomic E-state index is 10.6. The standard InChI is InChI=1S/C11H16N2O2/c1-8(2)3-5-12-9-4-6-13-10(7-9)11(14)15/h4,6-8H,3,5H2,1-2H3,(H,12,13)(H,14,15). The van der Waals surface area contributed by atoms with E-state index in [0.717, 1.165) is 18.7 Å². The Bertz CT molecular complexity index is 337. The summed E-state index contributed by atoms with van der Waals surface area (Å²) >= 11 is 0. The number of aromatic carboxylic acids is 1. The Morgan fingerprint density at radius 1 is 1.60 bits per heavy atom. The smallest absolute Gasteiger partial charge is 0.354 e. The van der Waals surface area contributed by atoms with Crippen LogP contribution in [0.1, 0.15) is 30.8 Å². The van der Waals surface area contributed by atoms with Crippen LogP contribution in [0.3, 0.4) is 0 Å². The number of carboxylic acids is 1. The summed E-state index contributed by atoms with van der Waals surface area (Å²) in [6.07, 6.45) is 2.56. The number of hydrogen-bond donors (Lipinski definition) is 2. The molecule has 1 aromatic heterocycles. The summed E-state index contributed by atoms with van der Waals surface area (Å²) in [5, 5.41) is 11.9. The second-order valence-corrected chi connectivity index (χ2v) is 3.84.